The second-order valence-corrected chi connectivity index (χ2v) is 7.25. The number of carboxylic acid groups (broad SMARTS) is 1. The largest absolute Gasteiger partial charge is 0.478 e. The van der Waals surface area contributed by atoms with Crippen molar-refractivity contribution < 1.29 is 19.5 Å². The first kappa shape index (κ1) is 17.7. The van der Waals surface area contributed by atoms with Crippen LogP contribution in [-0.4, -0.2) is 29.5 Å². The summed E-state index contributed by atoms with van der Waals surface area (Å²) in [4.78, 5) is 16.5. The molecule has 0 spiro atoms. The highest BCUT2D eigenvalue weighted by Gasteiger charge is 2.48. The maximum atomic E-state index is 11.0. The zero-order valence-corrected chi connectivity index (χ0v) is 15.0. The molecule has 2 heterocycles. The van der Waals surface area contributed by atoms with Crippen LogP contribution in [0.3, 0.4) is 0 Å². The molecule has 0 amide bonds. The molecule has 5 nitrogen and oxygen atoms in total. The van der Waals surface area contributed by atoms with Crippen molar-refractivity contribution in [2.75, 3.05) is 0 Å². The predicted octanol–water partition coefficient (Wildman–Crippen LogP) is 3.92. The van der Waals surface area contributed by atoms with Crippen LogP contribution in [0.5, 0.6) is 0 Å². The Morgan fingerprint density at radius 3 is 2.56 bits per heavy atom. The van der Waals surface area contributed by atoms with E-state index in [4.69, 9.17) is 14.7 Å². The second kappa shape index (κ2) is 7.92. The van der Waals surface area contributed by atoms with Gasteiger partial charge in [-0.3, -0.25) is 0 Å². The molecule has 2 aliphatic heterocycles. The molecule has 1 N–H and O–H groups in total. The zero-order chi connectivity index (χ0) is 18.6. The van der Waals surface area contributed by atoms with Crippen molar-refractivity contribution in [3.05, 3.63) is 71.3 Å². The Morgan fingerprint density at radius 1 is 1.07 bits per heavy atom. The number of oxime groups is 1. The van der Waals surface area contributed by atoms with Crippen LogP contribution >= 0.6 is 0 Å². The smallest absolute Gasteiger partial charge is 0.335 e. The SMILES string of the molecule is O=C(O)c1ccc(C[C@@H]2[C@@H](C=NOCc3ccccc3)[C@@H]3CC[C@H]2O3)cc1. The molecule has 27 heavy (non-hydrogen) atoms. The highest BCUT2D eigenvalue weighted by molar-refractivity contribution is 5.87. The molecule has 4 rings (SSSR count). The highest BCUT2D eigenvalue weighted by atomic mass is 16.6. The van der Waals surface area contributed by atoms with E-state index in [1.807, 2.05) is 48.7 Å². The van der Waals surface area contributed by atoms with Gasteiger partial charge in [-0.15, -0.1) is 0 Å². The summed E-state index contributed by atoms with van der Waals surface area (Å²) in [7, 11) is 0. The Kier molecular flexibility index (Phi) is 5.21. The Hall–Kier alpha value is -2.66. The van der Waals surface area contributed by atoms with Crippen LogP contribution in [0.15, 0.2) is 59.8 Å². The molecule has 2 aliphatic rings. The van der Waals surface area contributed by atoms with Gasteiger partial charge in [0.2, 0.25) is 0 Å². The van der Waals surface area contributed by atoms with E-state index in [9.17, 15) is 4.79 Å². The fourth-order valence-corrected chi connectivity index (χ4v) is 4.14. The van der Waals surface area contributed by atoms with Crippen molar-refractivity contribution in [1.82, 2.24) is 0 Å². The number of carbonyl (C=O) groups is 1. The van der Waals surface area contributed by atoms with Gasteiger partial charge in [0.15, 0.2) is 0 Å². The summed E-state index contributed by atoms with van der Waals surface area (Å²) in [5.41, 5.74) is 2.54. The van der Waals surface area contributed by atoms with Crippen molar-refractivity contribution in [1.29, 1.82) is 0 Å². The van der Waals surface area contributed by atoms with Gasteiger partial charge in [0.25, 0.3) is 0 Å². The minimum absolute atomic E-state index is 0.211. The van der Waals surface area contributed by atoms with E-state index >= 15 is 0 Å². The third kappa shape index (κ3) is 4.03. The van der Waals surface area contributed by atoms with Gasteiger partial charge < -0.3 is 14.7 Å². The molecule has 2 aromatic rings. The molecule has 0 aromatic heterocycles. The molecule has 5 heteroatoms. The van der Waals surface area contributed by atoms with E-state index in [2.05, 4.69) is 5.16 Å². The molecule has 0 unspecified atom stereocenters. The molecule has 0 radical (unpaired) electrons. The van der Waals surface area contributed by atoms with E-state index in [0.717, 1.165) is 30.4 Å². The van der Waals surface area contributed by atoms with Crippen molar-refractivity contribution in [2.24, 2.45) is 17.0 Å². The summed E-state index contributed by atoms with van der Waals surface area (Å²) in [6, 6.07) is 17.1. The number of hydrogen-bond acceptors (Lipinski definition) is 4. The van der Waals surface area contributed by atoms with Crippen LogP contribution in [0.2, 0.25) is 0 Å². The number of benzene rings is 2. The molecule has 140 valence electrons. The van der Waals surface area contributed by atoms with Gasteiger partial charge in [-0.25, -0.2) is 4.79 Å². The topological polar surface area (TPSA) is 68.1 Å². The summed E-state index contributed by atoms with van der Waals surface area (Å²) in [5.74, 6) is -0.312. The number of hydrogen-bond donors (Lipinski definition) is 1. The van der Waals surface area contributed by atoms with Gasteiger partial charge >= 0.3 is 5.97 Å². The van der Waals surface area contributed by atoms with E-state index < -0.39 is 5.97 Å². The number of rotatable bonds is 7. The Morgan fingerprint density at radius 2 is 1.81 bits per heavy atom. The van der Waals surface area contributed by atoms with Gasteiger partial charge in [-0.2, -0.15) is 0 Å². The second-order valence-electron chi connectivity index (χ2n) is 7.25. The lowest BCUT2D eigenvalue weighted by Crippen LogP contribution is -2.30. The third-order valence-electron chi connectivity index (χ3n) is 5.54. The van der Waals surface area contributed by atoms with Gasteiger partial charge in [0.05, 0.1) is 17.8 Å². The van der Waals surface area contributed by atoms with Crippen LogP contribution < -0.4 is 0 Å². The molecule has 2 bridgehead atoms. The van der Waals surface area contributed by atoms with Crippen molar-refractivity contribution >= 4 is 12.2 Å². The van der Waals surface area contributed by atoms with Gasteiger partial charge in [-0.05, 0) is 48.4 Å². The standard InChI is InChI=1S/C22H23NO4/c24-22(25)17-8-6-15(7-9-17)12-18-19(21-11-10-20(18)27-21)13-23-26-14-16-4-2-1-3-5-16/h1-9,13,18-21H,10-12,14H2,(H,24,25)/t18-,19-,20-,21+/m1/s1. The van der Waals surface area contributed by atoms with Crippen LogP contribution in [0.1, 0.15) is 34.3 Å². The molecular formula is C22H23NO4. The van der Waals surface area contributed by atoms with E-state index in [0.29, 0.717) is 18.1 Å². The maximum Gasteiger partial charge on any atom is 0.335 e. The molecule has 0 aliphatic carbocycles. The minimum Gasteiger partial charge on any atom is -0.478 e. The lowest BCUT2D eigenvalue weighted by molar-refractivity contribution is 0.0696. The number of aromatic carboxylic acids is 1. The zero-order valence-electron chi connectivity index (χ0n) is 15.0. The lowest BCUT2D eigenvalue weighted by Gasteiger charge is -2.25. The molecule has 0 saturated carbocycles. The van der Waals surface area contributed by atoms with E-state index in [1.54, 1.807) is 12.1 Å². The number of fused-ring (bicyclic) bond motifs is 2. The average Bonchev–Trinajstić information content (AvgIpc) is 3.29. The molecule has 2 fully saturated rings. The maximum absolute atomic E-state index is 11.0. The Labute approximate surface area is 158 Å². The summed E-state index contributed by atoms with van der Waals surface area (Å²) in [6.45, 7) is 0.459. The van der Waals surface area contributed by atoms with Crippen LogP contribution in [0.25, 0.3) is 0 Å². The van der Waals surface area contributed by atoms with E-state index in [-0.39, 0.29) is 18.1 Å². The van der Waals surface area contributed by atoms with E-state index in [1.165, 1.54) is 0 Å². The monoisotopic (exact) mass is 365 g/mol. The Balaban J connectivity index is 1.38. The van der Waals surface area contributed by atoms with Crippen molar-refractivity contribution in [2.45, 2.75) is 38.1 Å². The summed E-state index contributed by atoms with van der Waals surface area (Å²) >= 11 is 0. The van der Waals surface area contributed by atoms with Crippen LogP contribution in [-0.2, 0) is 22.6 Å². The molecular weight excluding hydrogens is 342 g/mol. The first-order valence-corrected chi connectivity index (χ1v) is 9.38. The normalized spacial score (nSPS) is 26.5. The predicted molar refractivity (Wildman–Crippen MR) is 102 cm³/mol. The van der Waals surface area contributed by atoms with Crippen molar-refractivity contribution in [3.8, 4) is 0 Å². The minimum atomic E-state index is -0.898. The van der Waals surface area contributed by atoms with Crippen LogP contribution in [0, 0.1) is 11.8 Å². The lowest BCUT2D eigenvalue weighted by atomic mass is 9.77. The highest BCUT2D eigenvalue weighted by Crippen LogP contribution is 2.44. The van der Waals surface area contributed by atoms with Crippen LogP contribution in [0.4, 0.5) is 0 Å². The summed E-state index contributed by atoms with van der Waals surface area (Å²) < 4.78 is 6.11. The number of ether oxygens (including phenoxy) is 1. The number of nitrogens with zero attached hydrogens (tertiary/aromatic N) is 1. The van der Waals surface area contributed by atoms with Crippen molar-refractivity contribution in [3.63, 3.8) is 0 Å². The first-order chi connectivity index (χ1) is 13.2. The first-order valence-electron chi connectivity index (χ1n) is 9.38. The van der Waals surface area contributed by atoms with Gasteiger partial charge in [0, 0.05) is 12.1 Å². The quantitative estimate of drug-likeness (QED) is 0.596. The fourth-order valence-electron chi connectivity index (χ4n) is 4.14. The number of carboxylic acids is 1. The summed E-state index contributed by atoms with van der Waals surface area (Å²) in [6.07, 6.45) is 5.37. The average molecular weight is 365 g/mol. The fraction of sp³-hybridized carbons (Fsp3) is 0.364. The molecule has 2 saturated heterocycles. The van der Waals surface area contributed by atoms with Gasteiger partial charge in [-0.1, -0.05) is 47.6 Å². The molecule has 2 aromatic carbocycles. The third-order valence-corrected chi connectivity index (χ3v) is 5.54. The summed E-state index contributed by atoms with van der Waals surface area (Å²) in [5, 5.41) is 13.3. The molecule has 4 atom stereocenters. The Bertz CT molecular complexity index is 803. The van der Waals surface area contributed by atoms with Gasteiger partial charge in [0.1, 0.15) is 6.61 Å².